The molecule has 6 atom stereocenters. The molecule has 2 saturated carbocycles. The van der Waals surface area contributed by atoms with Gasteiger partial charge in [-0.3, -0.25) is 0 Å². The van der Waals surface area contributed by atoms with E-state index in [0.29, 0.717) is 34.0 Å². The second-order valence-electron chi connectivity index (χ2n) is 9.27. The Bertz CT molecular complexity index is 862. The summed E-state index contributed by atoms with van der Waals surface area (Å²) < 4.78 is 0. The van der Waals surface area contributed by atoms with Gasteiger partial charge in [-0.15, -0.1) is 0 Å². The van der Waals surface area contributed by atoms with Crippen molar-refractivity contribution < 1.29 is 0 Å². The number of hydrogen-bond acceptors (Lipinski definition) is 0. The van der Waals surface area contributed by atoms with Crippen molar-refractivity contribution in [3.63, 3.8) is 0 Å². The maximum atomic E-state index is 6.41. The molecule has 0 bridgehead atoms. The largest absolute Gasteiger partial charge is 0.162 e. The number of allylic oxidation sites excluding steroid dienone is 6. The molecule has 0 N–H and O–H groups in total. The van der Waals surface area contributed by atoms with Gasteiger partial charge in [0.1, 0.15) is 0 Å². The lowest BCUT2D eigenvalue weighted by Gasteiger charge is -2.37. The number of hydrogen-bond donors (Lipinski definition) is 0. The van der Waals surface area contributed by atoms with E-state index >= 15 is 0 Å². The van der Waals surface area contributed by atoms with Crippen molar-refractivity contribution in [3.8, 4) is 0 Å². The molecule has 1 aromatic rings. The van der Waals surface area contributed by atoms with E-state index in [1.54, 1.807) is 11.0 Å². The Balaban J connectivity index is 1.55. The third kappa shape index (κ3) is 1.25. The Hall–Kier alpha value is -1.21. The zero-order valence-corrected chi connectivity index (χ0v) is 15.1. The normalized spacial score (nSPS) is 47.7. The highest BCUT2D eigenvalue weighted by Gasteiger charge is 2.84. The average Bonchev–Trinajstić information content (AvgIpc) is 3.11. The SMILES string of the molecule is CC1(C)C2C=C(Cl)C=C[C@@H]2C23CC12C=CC1c2ccccc2B[C@H]13. The van der Waals surface area contributed by atoms with Crippen LogP contribution in [0, 0.1) is 28.1 Å². The Morgan fingerprint density at radius 2 is 1.96 bits per heavy atom. The number of benzene rings is 1. The summed E-state index contributed by atoms with van der Waals surface area (Å²) in [6.45, 7) is 4.98. The minimum Gasteiger partial charge on any atom is -0.0847 e. The molecule has 0 amide bonds. The molecule has 0 radical (unpaired) electrons. The van der Waals surface area contributed by atoms with Crippen molar-refractivity contribution in [2.24, 2.45) is 28.1 Å². The summed E-state index contributed by atoms with van der Waals surface area (Å²) in [6, 6.07) is 9.14. The molecule has 0 saturated heterocycles. The predicted molar refractivity (Wildman–Crippen MR) is 102 cm³/mol. The second-order valence-corrected chi connectivity index (χ2v) is 9.70. The number of rotatable bonds is 0. The van der Waals surface area contributed by atoms with Crippen molar-refractivity contribution in [1.29, 1.82) is 0 Å². The molecule has 120 valence electrons. The number of fused-ring (bicyclic) bond motifs is 4. The van der Waals surface area contributed by atoms with Crippen molar-refractivity contribution in [2.75, 3.05) is 0 Å². The smallest absolute Gasteiger partial charge is 0.0847 e. The van der Waals surface area contributed by atoms with E-state index in [0.717, 1.165) is 10.8 Å². The maximum absolute atomic E-state index is 6.41. The summed E-state index contributed by atoms with van der Waals surface area (Å²) in [5, 5.41) is 0.936. The second kappa shape index (κ2) is 3.96. The Morgan fingerprint density at radius 1 is 1.12 bits per heavy atom. The van der Waals surface area contributed by atoms with Crippen LogP contribution in [0.1, 0.15) is 31.7 Å². The predicted octanol–water partition coefficient (Wildman–Crippen LogP) is 4.55. The molecule has 2 fully saturated rings. The monoisotopic (exact) mass is 332 g/mol. The van der Waals surface area contributed by atoms with Crippen LogP contribution in [-0.2, 0) is 0 Å². The molecule has 0 spiro atoms. The van der Waals surface area contributed by atoms with Gasteiger partial charge in [-0.25, -0.2) is 0 Å². The molecule has 0 nitrogen and oxygen atoms in total. The van der Waals surface area contributed by atoms with Crippen LogP contribution in [0.25, 0.3) is 0 Å². The van der Waals surface area contributed by atoms with Crippen molar-refractivity contribution in [2.45, 2.75) is 32.0 Å². The van der Waals surface area contributed by atoms with E-state index in [-0.39, 0.29) is 0 Å². The maximum Gasteiger partial charge on any atom is 0.162 e. The highest BCUT2D eigenvalue weighted by Crippen LogP contribution is 2.91. The van der Waals surface area contributed by atoms with E-state index in [1.807, 2.05) is 0 Å². The van der Waals surface area contributed by atoms with Gasteiger partial charge in [-0.2, -0.15) is 0 Å². The summed E-state index contributed by atoms with van der Waals surface area (Å²) in [5.41, 5.74) is 4.29. The van der Waals surface area contributed by atoms with Crippen LogP contribution in [0.15, 0.2) is 59.7 Å². The standard InChI is InChI=1S/C22H22BCl/c1-20(2)17-11-13(24)7-8-16(17)22-12-21(20,22)10-9-15-14-5-3-4-6-18(14)23-19(15)22/h3-11,15-17,19,23H,12H2,1-2H3/t15?,16-,17?,19+,21?,22?/m0/s1. The molecule has 1 heterocycles. The molecule has 24 heavy (non-hydrogen) atoms. The van der Waals surface area contributed by atoms with Crippen molar-refractivity contribution in [3.05, 3.63) is 65.2 Å². The van der Waals surface area contributed by atoms with Crippen LogP contribution in [-0.4, -0.2) is 7.28 Å². The minimum atomic E-state index is 0.290. The Labute approximate surface area is 149 Å². The van der Waals surface area contributed by atoms with E-state index in [4.69, 9.17) is 11.6 Å². The molecular weight excluding hydrogens is 311 g/mol. The fourth-order valence-corrected chi connectivity index (χ4v) is 7.73. The molecule has 4 unspecified atom stereocenters. The quantitative estimate of drug-likeness (QED) is 0.483. The minimum absolute atomic E-state index is 0.290. The average molecular weight is 333 g/mol. The topological polar surface area (TPSA) is 0 Å². The fraction of sp³-hybridized carbons (Fsp3) is 0.455. The zero-order chi connectivity index (χ0) is 16.3. The van der Waals surface area contributed by atoms with Crippen LogP contribution in [0.2, 0.25) is 5.82 Å². The van der Waals surface area contributed by atoms with Gasteiger partial charge in [-0.1, -0.05) is 79.5 Å². The van der Waals surface area contributed by atoms with Crippen LogP contribution in [0.4, 0.5) is 0 Å². The van der Waals surface area contributed by atoms with Gasteiger partial charge in [-0.05, 0) is 52.5 Å². The van der Waals surface area contributed by atoms with E-state index < -0.39 is 0 Å². The van der Waals surface area contributed by atoms with Crippen molar-refractivity contribution >= 4 is 24.3 Å². The molecule has 4 aliphatic carbocycles. The summed E-state index contributed by atoms with van der Waals surface area (Å²) in [5.74, 6) is 2.63. The third-order valence-electron chi connectivity index (χ3n) is 8.58. The lowest BCUT2D eigenvalue weighted by Crippen LogP contribution is -2.31. The summed E-state index contributed by atoms with van der Waals surface area (Å²) in [7, 11) is 1.26. The Kier molecular flexibility index (Phi) is 2.31. The number of halogens is 1. The third-order valence-corrected chi connectivity index (χ3v) is 8.83. The van der Waals surface area contributed by atoms with E-state index in [1.165, 1.54) is 13.7 Å². The van der Waals surface area contributed by atoms with Gasteiger partial charge >= 0.3 is 0 Å². The van der Waals surface area contributed by atoms with Gasteiger partial charge in [0.2, 0.25) is 0 Å². The molecule has 2 heteroatoms. The first-order valence-corrected chi connectivity index (χ1v) is 9.72. The lowest BCUT2D eigenvalue weighted by molar-refractivity contribution is 0.188. The summed E-state index contributed by atoms with van der Waals surface area (Å²) in [4.78, 5) is 0. The molecule has 1 aliphatic heterocycles. The Morgan fingerprint density at radius 3 is 2.83 bits per heavy atom. The van der Waals surface area contributed by atoms with Crippen LogP contribution in [0.5, 0.6) is 0 Å². The zero-order valence-electron chi connectivity index (χ0n) is 14.3. The van der Waals surface area contributed by atoms with E-state index in [9.17, 15) is 0 Å². The van der Waals surface area contributed by atoms with Crippen LogP contribution in [0.3, 0.4) is 0 Å². The van der Waals surface area contributed by atoms with Crippen molar-refractivity contribution in [1.82, 2.24) is 0 Å². The van der Waals surface area contributed by atoms with Gasteiger partial charge < -0.3 is 0 Å². The molecule has 0 aromatic heterocycles. The first kappa shape index (κ1) is 14.0. The molecule has 1 aromatic carbocycles. The first-order valence-electron chi connectivity index (χ1n) is 9.34. The first-order chi connectivity index (χ1) is 11.5. The summed E-state index contributed by atoms with van der Waals surface area (Å²) in [6.07, 6.45) is 13.5. The van der Waals surface area contributed by atoms with E-state index in [2.05, 4.69) is 68.5 Å². The highest BCUT2D eigenvalue weighted by molar-refractivity contribution is 6.58. The van der Waals surface area contributed by atoms with Gasteiger partial charge in [0.05, 0.1) is 0 Å². The molecular formula is C22H22BCl. The van der Waals surface area contributed by atoms with Crippen LogP contribution < -0.4 is 5.46 Å². The molecule has 5 aliphatic rings. The van der Waals surface area contributed by atoms with Crippen LogP contribution >= 0.6 is 11.6 Å². The highest BCUT2D eigenvalue weighted by atomic mass is 35.5. The lowest BCUT2D eigenvalue weighted by atomic mass is 9.51. The summed E-state index contributed by atoms with van der Waals surface area (Å²) >= 11 is 6.41. The van der Waals surface area contributed by atoms with Gasteiger partial charge in [0, 0.05) is 10.4 Å². The van der Waals surface area contributed by atoms with Gasteiger partial charge in [0.25, 0.3) is 0 Å². The molecule has 6 rings (SSSR count). The van der Waals surface area contributed by atoms with Gasteiger partial charge in [0.15, 0.2) is 7.28 Å². The fourth-order valence-electron chi connectivity index (χ4n) is 7.53.